The SMILES string of the molecule is O=C(NCCSc1nc2ccccc2c(=O)[nH]1)c1nc2ccccc2[nH]1. The summed E-state index contributed by atoms with van der Waals surface area (Å²) in [4.78, 5) is 38.6. The molecular weight excluding hydrogens is 350 g/mol. The lowest BCUT2D eigenvalue weighted by Gasteiger charge is -2.04. The first-order valence-corrected chi connectivity index (χ1v) is 9.04. The first kappa shape index (κ1) is 16.3. The molecule has 0 fully saturated rings. The quantitative estimate of drug-likeness (QED) is 0.286. The lowest BCUT2D eigenvalue weighted by molar-refractivity contribution is 0.0947. The van der Waals surface area contributed by atoms with Crippen molar-refractivity contribution in [3.8, 4) is 0 Å². The summed E-state index contributed by atoms with van der Waals surface area (Å²) < 4.78 is 0. The molecule has 2 aromatic heterocycles. The standard InChI is InChI=1S/C18H15N5O2S/c24-16-11-5-1-2-6-12(11)22-18(23-16)26-10-9-19-17(25)15-20-13-7-3-4-8-14(13)21-15/h1-8H,9-10H2,(H,19,25)(H,20,21)(H,22,23,24). The van der Waals surface area contributed by atoms with Gasteiger partial charge in [0.2, 0.25) is 0 Å². The van der Waals surface area contributed by atoms with Crippen LogP contribution in [0.5, 0.6) is 0 Å². The summed E-state index contributed by atoms with van der Waals surface area (Å²) in [5, 5.41) is 3.91. The first-order chi connectivity index (χ1) is 12.7. The molecule has 0 saturated heterocycles. The number of H-pyrrole nitrogens is 2. The van der Waals surface area contributed by atoms with Crippen LogP contribution in [-0.4, -0.2) is 38.1 Å². The van der Waals surface area contributed by atoms with Crippen molar-refractivity contribution < 1.29 is 4.79 Å². The zero-order valence-electron chi connectivity index (χ0n) is 13.7. The molecule has 130 valence electrons. The minimum atomic E-state index is -0.262. The number of para-hydroxylation sites is 3. The number of carbonyl (C=O) groups excluding carboxylic acids is 1. The Morgan fingerprint density at radius 2 is 1.77 bits per heavy atom. The van der Waals surface area contributed by atoms with E-state index in [-0.39, 0.29) is 17.3 Å². The lowest BCUT2D eigenvalue weighted by Crippen LogP contribution is -2.26. The maximum atomic E-state index is 12.2. The van der Waals surface area contributed by atoms with Crippen molar-refractivity contribution in [3.05, 3.63) is 64.7 Å². The predicted molar refractivity (Wildman–Crippen MR) is 102 cm³/mol. The highest BCUT2D eigenvalue weighted by Crippen LogP contribution is 2.14. The smallest absolute Gasteiger partial charge is 0.287 e. The summed E-state index contributed by atoms with van der Waals surface area (Å²) in [5.74, 6) is 0.600. The van der Waals surface area contributed by atoms with E-state index in [0.29, 0.717) is 28.4 Å². The number of amides is 1. The average molecular weight is 365 g/mol. The Labute approximate surface area is 152 Å². The van der Waals surface area contributed by atoms with Gasteiger partial charge in [0.05, 0.1) is 21.9 Å². The number of aromatic nitrogens is 4. The number of nitrogens with one attached hydrogen (secondary N) is 3. The van der Waals surface area contributed by atoms with E-state index >= 15 is 0 Å². The number of fused-ring (bicyclic) bond motifs is 2. The fraction of sp³-hybridized carbons (Fsp3) is 0.111. The number of imidazole rings is 1. The molecule has 8 heteroatoms. The van der Waals surface area contributed by atoms with Crippen LogP contribution < -0.4 is 10.9 Å². The largest absolute Gasteiger partial charge is 0.349 e. The molecule has 4 rings (SSSR count). The Morgan fingerprint density at radius 3 is 2.62 bits per heavy atom. The van der Waals surface area contributed by atoms with E-state index in [1.165, 1.54) is 11.8 Å². The van der Waals surface area contributed by atoms with Gasteiger partial charge in [-0.25, -0.2) is 9.97 Å². The molecule has 0 saturated carbocycles. The van der Waals surface area contributed by atoms with Crippen molar-refractivity contribution in [3.63, 3.8) is 0 Å². The Bertz CT molecular complexity index is 1120. The Morgan fingerprint density at radius 1 is 1.00 bits per heavy atom. The van der Waals surface area contributed by atoms with Crippen LogP contribution in [0.2, 0.25) is 0 Å². The summed E-state index contributed by atoms with van der Waals surface area (Å²) in [7, 11) is 0. The fourth-order valence-corrected chi connectivity index (χ4v) is 3.31. The van der Waals surface area contributed by atoms with Gasteiger partial charge in [0.1, 0.15) is 0 Å². The van der Waals surface area contributed by atoms with E-state index in [1.54, 1.807) is 18.2 Å². The molecule has 0 aliphatic carbocycles. The third kappa shape index (κ3) is 3.31. The summed E-state index contributed by atoms with van der Waals surface area (Å²) >= 11 is 1.38. The van der Waals surface area contributed by atoms with Crippen LogP contribution in [0.4, 0.5) is 0 Å². The van der Waals surface area contributed by atoms with Gasteiger partial charge in [-0.3, -0.25) is 9.59 Å². The summed E-state index contributed by atoms with van der Waals surface area (Å²) in [6.45, 7) is 0.428. The molecule has 2 aromatic carbocycles. The van der Waals surface area contributed by atoms with Gasteiger partial charge in [0.25, 0.3) is 11.5 Å². The summed E-state index contributed by atoms with van der Waals surface area (Å²) in [5.41, 5.74) is 2.07. The second-order valence-electron chi connectivity index (χ2n) is 5.60. The normalized spacial score (nSPS) is 11.1. The zero-order valence-corrected chi connectivity index (χ0v) is 14.5. The Balaban J connectivity index is 1.36. The molecule has 1 amide bonds. The van der Waals surface area contributed by atoms with E-state index in [1.807, 2.05) is 30.3 Å². The van der Waals surface area contributed by atoms with Gasteiger partial charge >= 0.3 is 0 Å². The minimum absolute atomic E-state index is 0.163. The van der Waals surface area contributed by atoms with Crippen LogP contribution in [0.25, 0.3) is 21.9 Å². The second kappa shape index (κ2) is 7.01. The van der Waals surface area contributed by atoms with Crippen molar-refractivity contribution in [1.29, 1.82) is 0 Å². The molecule has 4 aromatic rings. The van der Waals surface area contributed by atoms with Crippen LogP contribution in [0.1, 0.15) is 10.6 Å². The number of hydrogen-bond acceptors (Lipinski definition) is 5. The molecule has 7 nitrogen and oxygen atoms in total. The highest BCUT2D eigenvalue weighted by molar-refractivity contribution is 7.99. The molecule has 26 heavy (non-hydrogen) atoms. The number of benzene rings is 2. The molecule has 0 radical (unpaired) electrons. The van der Waals surface area contributed by atoms with Gasteiger partial charge in [0.15, 0.2) is 11.0 Å². The highest BCUT2D eigenvalue weighted by atomic mass is 32.2. The number of hydrogen-bond donors (Lipinski definition) is 3. The van der Waals surface area contributed by atoms with E-state index in [0.717, 1.165) is 11.0 Å². The van der Waals surface area contributed by atoms with Crippen molar-refractivity contribution in [2.45, 2.75) is 5.16 Å². The van der Waals surface area contributed by atoms with Crippen molar-refractivity contribution in [1.82, 2.24) is 25.3 Å². The van der Waals surface area contributed by atoms with E-state index in [2.05, 4.69) is 25.3 Å². The van der Waals surface area contributed by atoms with Gasteiger partial charge in [-0.15, -0.1) is 0 Å². The molecule has 3 N–H and O–H groups in total. The number of thioether (sulfide) groups is 1. The van der Waals surface area contributed by atoms with E-state index < -0.39 is 0 Å². The monoisotopic (exact) mass is 365 g/mol. The molecule has 2 heterocycles. The van der Waals surface area contributed by atoms with Crippen molar-refractivity contribution >= 4 is 39.6 Å². The molecule has 0 aliphatic heterocycles. The molecule has 0 unspecified atom stereocenters. The van der Waals surface area contributed by atoms with Gasteiger partial charge in [0, 0.05) is 12.3 Å². The third-order valence-corrected chi connectivity index (χ3v) is 4.70. The zero-order chi connectivity index (χ0) is 17.9. The molecule has 0 spiro atoms. The van der Waals surface area contributed by atoms with E-state index in [4.69, 9.17) is 0 Å². The number of nitrogens with zero attached hydrogens (tertiary/aromatic N) is 2. The molecular formula is C18H15N5O2S. The van der Waals surface area contributed by atoms with Crippen LogP contribution in [0.3, 0.4) is 0 Å². The molecule has 0 aliphatic rings. The van der Waals surface area contributed by atoms with Crippen LogP contribution >= 0.6 is 11.8 Å². The summed E-state index contributed by atoms with van der Waals surface area (Å²) in [6, 6.07) is 14.7. The number of carbonyl (C=O) groups is 1. The van der Waals surface area contributed by atoms with Gasteiger partial charge in [-0.2, -0.15) is 0 Å². The topological polar surface area (TPSA) is 104 Å². The first-order valence-electron chi connectivity index (χ1n) is 8.05. The van der Waals surface area contributed by atoms with Gasteiger partial charge in [-0.05, 0) is 24.3 Å². The highest BCUT2D eigenvalue weighted by Gasteiger charge is 2.10. The average Bonchev–Trinajstić information content (AvgIpc) is 3.09. The van der Waals surface area contributed by atoms with Crippen LogP contribution in [-0.2, 0) is 0 Å². The van der Waals surface area contributed by atoms with Gasteiger partial charge in [-0.1, -0.05) is 36.0 Å². The number of rotatable bonds is 5. The maximum Gasteiger partial charge on any atom is 0.287 e. The molecule has 0 bridgehead atoms. The Hall–Kier alpha value is -3.13. The fourth-order valence-electron chi connectivity index (χ4n) is 2.59. The van der Waals surface area contributed by atoms with Crippen LogP contribution in [0.15, 0.2) is 58.5 Å². The van der Waals surface area contributed by atoms with Crippen molar-refractivity contribution in [2.75, 3.05) is 12.3 Å². The summed E-state index contributed by atoms with van der Waals surface area (Å²) in [6.07, 6.45) is 0. The number of aromatic amines is 2. The molecule has 0 atom stereocenters. The van der Waals surface area contributed by atoms with Crippen LogP contribution in [0, 0.1) is 0 Å². The van der Waals surface area contributed by atoms with Crippen molar-refractivity contribution in [2.24, 2.45) is 0 Å². The maximum absolute atomic E-state index is 12.2. The lowest BCUT2D eigenvalue weighted by atomic mass is 10.2. The van der Waals surface area contributed by atoms with Gasteiger partial charge < -0.3 is 15.3 Å². The third-order valence-electron chi connectivity index (χ3n) is 3.82. The van der Waals surface area contributed by atoms with E-state index in [9.17, 15) is 9.59 Å². The Kier molecular flexibility index (Phi) is 4.40. The predicted octanol–water partition coefficient (Wildman–Crippen LogP) is 2.32. The second-order valence-corrected chi connectivity index (χ2v) is 6.68. The minimum Gasteiger partial charge on any atom is -0.349 e.